The minimum absolute atomic E-state index is 0.00899. The molecule has 0 aliphatic carbocycles. The smallest absolute Gasteiger partial charge is 0.253 e. The van der Waals surface area contributed by atoms with E-state index >= 15 is 0 Å². The Morgan fingerprint density at radius 3 is 2.31 bits per heavy atom. The fourth-order valence-electron chi connectivity index (χ4n) is 3.70. The fraction of sp³-hybridized carbons (Fsp3) is 0.435. The number of sulfonamides is 1. The minimum Gasteiger partial charge on any atom is -0.336 e. The molecule has 0 unspecified atom stereocenters. The van der Waals surface area contributed by atoms with Crippen LogP contribution < -0.4 is 0 Å². The summed E-state index contributed by atoms with van der Waals surface area (Å²) in [6.07, 6.45) is 0. The van der Waals surface area contributed by atoms with Gasteiger partial charge in [-0.25, -0.2) is 8.42 Å². The van der Waals surface area contributed by atoms with Gasteiger partial charge < -0.3 is 4.90 Å². The molecule has 1 saturated heterocycles. The normalized spacial score (nSPS) is 15.3. The Labute approximate surface area is 200 Å². The number of amides is 1. The minimum atomic E-state index is -3.74. The van der Waals surface area contributed by atoms with Crippen LogP contribution in [0.15, 0.2) is 58.3 Å². The predicted octanol–water partition coefficient (Wildman–Crippen LogP) is 3.92. The lowest BCUT2D eigenvalue weighted by Crippen LogP contribution is -2.49. The van der Waals surface area contributed by atoms with Crippen LogP contribution in [0, 0.1) is 0 Å². The van der Waals surface area contributed by atoms with Crippen LogP contribution in [0.2, 0.25) is 5.02 Å². The van der Waals surface area contributed by atoms with Gasteiger partial charge in [0.25, 0.3) is 5.91 Å². The monoisotopic (exact) mass is 495 g/mol. The zero-order chi connectivity index (χ0) is 23.1. The van der Waals surface area contributed by atoms with Crippen LogP contribution in [0.3, 0.4) is 0 Å². The molecule has 0 radical (unpaired) electrons. The molecule has 0 spiro atoms. The second-order valence-corrected chi connectivity index (χ2v) is 11.0. The van der Waals surface area contributed by atoms with Crippen LogP contribution in [0.5, 0.6) is 0 Å². The Hall–Kier alpha value is -1.58. The van der Waals surface area contributed by atoms with Crippen molar-refractivity contribution in [3.8, 4) is 0 Å². The molecule has 1 aliphatic rings. The van der Waals surface area contributed by atoms with Gasteiger partial charge in [0.15, 0.2) is 0 Å². The summed E-state index contributed by atoms with van der Waals surface area (Å²) in [5.74, 6) is 0.845. The van der Waals surface area contributed by atoms with Gasteiger partial charge in [0.1, 0.15) is 4.90 Å². The second kappa shape index (κ2) is 11.5. The van der Waals surface area contributed by atoms with E-state index in [0.717, 1.165) is 25.4 Å². The maximum absolute atomic E-state index is 13.1. The van der Waals surface area contributed by atoms with Crippen molar-refractivity contribution in [2.75, 3.05) is 51.6 Å². The van der Waals surface area contributed by atoms with Crippen molar-refractivity contribution in [3.63, 3.8) is 0 Å². The van der Waals surface area contributed by atoms with Crippen LogP contribution in [0.4, 0.5) is 0 Å². The molecule has 0 atom stereocenters. The highest BCUT2D eigenvalue weighted by atomic mass is 35.5. The van der Waals surface area contributed by atoms with Gasteiger partial charge >= 0.3 is 0 Å². The molecule has 1 fully saturated rings. The summed E-state index contributed by atoms with van der Waals surface area (Å²) >= 11 is 8.04. The SMILES string of the molecule is CCN(CC)S(=O)(=O)c1cc(C(=O)N2CCN(CCSc3ccccc3)CC2)ccc1Cl. The lowest BCUT2D eigenvalue weighted by atomic mass is 10.2. The number of nitrogens with zero attached hydrogens (tertiary/aromatic N) is 3. The molecule has 2 aromatic rings. The van der Waals surface area contributed by atoms with Gasteiger partial charge in [-0.1, -0.05) is 43.6 Å². The van der Waals surface area contributed by atoms with Gasteiger partial charge in [-0.2, -0.15) is 4.31 Å². The van der Waals surface area contributed by atoms with E-state index in [1.165, 1.54) is 21.3 Å². The quantitative estimate of drug-likeness (QED) is 0.493. The van der Waals surface area contributed by atoms with Gasteiger partial charge in [0.2, 0.25) is 10.0 Å². The Kier molecular flexibility index (Phi) is 9.02. The lowest BCUT2D eigenvalue weighted by molar-refractivity contribution is 0.0644. The Morgan fingerprint density at radius 1 is 1.03 bits per heavy atom. The first-order valence-corrected chi connectivity index (χ1v) is 13.7. The number of halogens is 1. The van der Waals surface area contributed by atoms with Gasteiger partial charge in [-0.05, 0) is 30.3 Å². The van der Waals surface area contributed by atoms with E-state index in [1.54, 1.807) is 24.8 Å². The molecule has 1 heterocycles. The summed E-state index contributed by atoms with van der Waals surface area (Å²) in [5.41, 5.74) is 0.355. The zero-order valence-electron chi connectivity index (χ0n) is 18.5. The second-order valence-electron chi connectivity index (χ2n) is 7.53. The predicted molar refractivity (Wildman–Crippen MR) is 131 cm³/mol. The van der Waals surface area contributed by atoms with Crippen molar-refractivity contribution in [2.45, 2.75) is 23.6 Å². The first kappa shape index (κ1) is 25.1. The Morgan fingerprint density at radius 2 is 1.69 bits per heavy atom. The zero-order valence-corrected chi connectivity index (χ0v) is 20.9. The maximum Gasteiger partial charge on any atom is 0.253 e. The summed E-state index contributed by atoms with van der Waals surface area (Å²) < 4.78 is 27.2. The molecule has 3 rings (SSSR count). The van der Waals surface area contributed by atoms with Crippen molar-refractivity contribution in [3.05, 3.63) is 59.1 Å². The molecular weight excluding hydrogens is 466 g/mol. The van der Waals surface area contributed by atoms with Crippen LogP contribution in [0.1, 0.15) is 24.2 Å². The molecule has 9 heteroatoms. The number of hydrogen-bond acceptors (Lipinski definition) is 5. The third kappa shape index (κ3) is 6.05. The van der Waals surface area contributed by atoms with E-state index in [9.17, 15) is 13.2 Å². The summed E-state index contributed by atoms with van der Waals surface area (Å²) in [5, 5.41) is 0.134. The number of thioether (sulfide) groups is 1. The third-order valence-electron chi connectivity index (χ3n) is 5.58. The molecule has 32 heavy (non-hydrogen) atoms. The summed E-state index contributed by atoms with van der Waals surface area (Å²) in [6, 6.07) is 14.9. The van der Waals surface area contributed by atoms with E-state index in [2.05, 4.69) is 17.0 Å². The summed E-state index contributed by atoms with van der Waals surface area (Å²) in [7, 11) is -3.74. The van der Waals surface area contributed by atoms with E-state index in [0.29, 0.717) is 31.7 Å². The Balaban J connectivity index is 1.59. The van der Waals surface area contributed by atoms with Crippen molar-refractivity contribution >= 4 is 39.3 Å². The number of hydrogen-bond donors (Lipinski definition) is 0. The van der Waals surface area contributed by atoms with Crippen molar-refractivity contribution < 1.29 is 13.2 Å². The van der Waals surface area contributed by atoms with Crippen LogP contribution in [-0.4, -0.2) is 80.0 Å². The Bertz CT molecular complexity index is 1010. The van der Waals surface area contributed by atoms with Crippen molar-refractivity contribution in [1.29, 1.82) is 0 Å². The molecule has 0 aromatic heterocycles. The molecule has 2 aromatic carbocycles. The van der Waals surface area contributed by atoms with Crippen LogP contribution in [-0.2, 0) is 10.0 Å². The van der Waals surface area contributed by atoms with E-state index in [1.807, 2.05) is 30.0 Å². The van der Waals surface area contributed by atoms with Crippen LogP contribution in [0.25, 0.3) is 0 Å². The lowest BCUT2D eigenvalue weighted by Gasteiger charge is -2.34. The molecule has 1 aliphatic heterocycles. The number of benzene rings is 2. The molecule has 0 N–H and O–H groups in total. The first-order chi connectivity index (χ1) is 15.4. The maximum atomic E-state index is 13.1. The standard InChI is InChI=1S/C23H30ClN3O3S2/c1-3-27(4-2)32(29,30)22-18-19(10-11-21(22)24)23(28)26-14-12-25(13-15-26)16-17-31-20-8-6-5-7-9-20/h5-11,18H,3-4,12-17H2,1-2H3. The molecular formula is C23H30ClN3O3S2. The molecule has 0 saturated carbocycles. The largest absolute Gasteiger partial charge is 0.336 e. The van der Waals surface area contributed by atoms with Crippen LogP contribution >= 0.6 is 23.4 Å². The van der Waals surface area contributed by atoms with Crippen molar-refractivity contribution in [1.82, 2.24) is 14.1 Å². The highest BCUT2D eigenvalue weighted by Gasteiger charge is 2.27. The molecule has 6 nitrogen and oxygen atoms in total. The number of piperazine rings is 1. The topological polar surface area (TPSA) is 60.9 Å². The van der Waals surface area contributed by atoms with E-state index < -0.39 is 10.0 Å². The van der Waals surface area contributed by atoms with Gasteiger partial charge in [0.05, 0.1) is 5.02 Å². The van der Waals surface area contributed by atoms with Gasteiger partial charge in [-0.15, -0.1) is 11.8 Å². The number of carbonyl (C=O) groups excluding carboxylic acids is 1. The average molecular weight is 496 g/mol. The third-order valence-corrected chi connectivity index (χ3v) is 9.10. The number of rotatable bonds is 9. The molecule has 174 valence electrons. The fourth-order valence-corrected chi connectivity index (χ4v) is 6.60. The van der Waals surface area contributed by atoms with Crippen molar-refractivity contribution in [2.24, 2.45) is 0 Å². The van der Waals surface area contributed by atoms with E-state index in [-0.39, 0.29) is 15.8 Å². The number of carbonyl (C=O) groups is 1. The highest BCUT2D eigenvalue weighted by molar-refractivity contribution is 7.99. The van der Waals surface area contributed by atoms with E-state index in [4.69, 9.17) is 11.6 Å². The summed E-state index contributed by atoms with van der Waals surface area (Å²) in [4.78, 5) is 18.5. The first-order valence-electron chi connectivity index (χ1n) is 10.9. The van der Waals surface area contributed by atoms with Gasteiger partial charge in [-0.3, -0.25) is 9.69 Å². The average Bonchev–Trinajstić information content (AvgIpc) is 2.80. The summed E-state index contributed by atoms with van der Waals surface area (Å²) in [6.45, 7) is 8.07. The van der Waals surface area contributed by atoms with Gasteiger partial charge in [0, 0.05) is 62.0 Å². The molecule has 1 amide bonds. The highest BCUT2D eigenvalue weighted by Crippen LogP contribution is 2.26. The molecule has 0 bridgehead atoms.